The van der Waals surface area contributed by atoms with Crippen molar-refractivity contribution >= 4 is 23.2 Å². The molecule has 0 unspecified atom stereocenters. The molecular formula is C19H20F6N6O2. The standard InChI is InChI=1S/C19H20F6N6O2/c20-18(21,22)12-7-13(19(23,24)25)9-14(8-12)29-17(32)27-2-1-26-16-10-15(11-28-30-16)31-3-5-33-6-4-31/h7-11H,1-6H2,(H,26,30)(H2,27,29,32). The predicted molar refractivity (Wildman–Crippen MR) is 107 cm³/mol. The van der Waals surface area contributed by atoms with E-state index >= 15 is 0 Å². The van der Waals surface area contributed by atoms with Crippen molar-refractivity contribution in [2.45, 2.75) is 12.4 Å². The van der Waals surface area contributed by atoms with Gasteiger partial charge >= 0.3 is 18.4 Å². The van der Waals surface area contributed by atoms with Crippen molar-refractivity contribution < 1.29 is 35.9 Å². The largest absolute Gasteiger partial charge is 0.416 e. The van der Waals surface area contributed by atoms with Crippen LogP contribution in [0.25, 0.3) is 0 Å². The van der Waals surface area contributed by atoms with E-state index < -0.39 is 35.2 Å². The van der Waals surface area contributed by atoms with E-state index in [1.807, 2.05) is 5.32 Å². The van der Waals surface area contributed by atoms with Gasteiger partial charge in [-0.1, -0.05) is 0 Å². The Hall–Kier alpha value is -3.29. The highest BCUT2D eigenvalue weighted by Gasteiger charge is 2.37. The van der Waals surface area contributed by atoms with Gasteiger partial charge in [0.1, 0.15) is 0 Å². The number of rotatable bonds is 6. The Morgan fingerprint density at radius 3 is 2.21 bits per heavy atom. The minimum absolute atomic E-state index is 0.0143. The molecule has 0 atom stereocenters. The minimum atomic E-state index is -5.01. The molecule has 1 aliphatic rings. The zero-order valence-corrected chi connectivity index (χ0v) is 17.1. The van der Waals surface area contributed by atoms with Crippen LogP contribution in [0.2, 0.25) is 0 Å². The number of carbonyl (C=O) groups excluding carboxylic acids is 1. The van der Waals surface area contributed by atoms with Gasteiger partial charge in [0.15, 0.2) is 5.82 Å². The molecule has 0 bridgehead atoms. The fraction of sp³-hybridized carbons (Fsp3) is 0.421. The third kappa shape index (κ3) is 7.10. The quantitative estimate of drug-likeness (QED) is 0.434. The highest BCUT2D eigenvalue weighted by molar-refractivity contribution is 5.89. The van der Waals surface area contributed by atoms with Crippen molar-refractivity contribution in [1.29, 1.82) is 0 Å². The van der Waals surface area contributed by atoms with Crippen molar-refractivity contribution in [2.75, 3.05) is 54.9 Å². The van der Waals surface area contributed by atoms with E-state index in [9.17, 15) is 31.1 Å². The minimum Gasteiger partial charge on any atom is -0.378 e. The SMILES string of the molecule is O=C(NCCNc1cc(N2CCOCC2)cnn1)Nc1cc(C(F)(F)F)cc(C(F)(F)F)c1. The van der Waals surface area contributed by atoms with E-state index in [2.05, 4.69) is 25.7 Å². The van der Waals surface area contributed by atoms with Gasteiger partial charge in [0.25, 0.3) is 0 Å². The third-order valence-electron chi connectivity index (χ3n) is 4.58. The molecule has 3 N–H and O–H groups in total. The fourth-order valence-corrected chi connectivity index (χ4v) is 3.01. The molecule has 0 saturated carbocycles. The first-order chi connectivity index (χ1) is 15.5. The van der Waals surface area contributed by atoms with E-state index in [1.54, 1.807) is 12.3 Å². The van der Waals surface area contributed by atoms with Gasteiger partial charge in [-0.05, 0) is 18.2 Å². The van der Waals surface area contributed by atoms with Crippen LogP contribution in [-0.4, -0.2) is 55.6 Å². The van der Waals surface area contributed by atoms with Gasteiger partial charge in [-0.3, -0.25) is 0 Å². The van der Waals surface area contributed by atoms with Gasteiger partial charge < -0.3 is 25.6 Å². The molecule has 2 amide bonds. The van der Waals surface area contributed by atoms with Crippen LogP contribution in [-0.2, 0) is 17.1 Å². The van der Waals surface area contributed by atoms with Gasteiger partial charge in [0.05, 0.1) is 36.2 Å². The van der Waals surface area contributed by atoms with Gasteiger partial charge in [-0.15, -0.1) is 5.10 Å². The van der Waals surface area contributed by atoms with E-state index in [0.29, 0.717) is 44.3 Å². The number of ether oxygens (including phenoxy) is 1. The lowest BCUT2D eigenvalue weighted by Gasteiger charge is -2.28. The Labute approximate surface area is 184 Å². The monoisotopic (exact) mass is 478 g/mol. The molecule has 3 rings (SSSR count). The number of morpholine rings is 1. The lowest BCUT2D eigenvalue weighted by atomic mass is 10.1. The lowest BCUT2D eigenvalue weighted by Crippen LogP contribution is -2.36. The van der Waals surface area contributed by atoms with Crippen LogP contribution in [0.4, 0.5) is 48.3 Å². The van der Waals surface area contributed by atoms with Crippen molar-refractivity contribution in [2.24, 2.45) is 0 Å². The molecule has 0 radical (unpaired) electrons. The zero-order chi connectivity index (χ0) is 24.1. The molecule has 2 heterocycles. The molecule has 0 spiro atoms. The second-order valence-electron chi connectivity index (χ2n) is 7.00. The summed E-state index contributed by atoms with van der Waals surface area (Å²) in [5.74, 6) is 0.439. The molecule has 1 fully saturated rings. The summed E-state index contributed by atoms with van der Waals surface area (Å²) in [5.41, 5.74) is -2.83. The number of alkyl halides is 6. The fourth-order valence-electron chi connectivity index (χ4n) is 3.01. The molecule has 1 saturated heterocycles. The zero-order valence-electron chi connectivity index (χ0n) is 17.1. The van der Waals surface area contributed by atoms with Gasteiger partial charge in [0.2, 0.25) is 0 Å². The number of urea groups is 1. The molecular weight excluding hydrogens is 458 g/mol. The number of halogens is 6. The Morgan fingerprint density at radius 2 is 1.61 bits per heavy atom. The molecule has 2 aromatic rings. The maximum atomic E-state index is 12.9. The van der Waals surface area contributed by atoms with Crippen LogP contribution in [0.3, 0.4) is 0 Å². The number of benzene rings is 1. The second kappa shape index (κ2) is 10.1. The lowest BCUT2D eigenvalue weighted by molar-refractivity contribution is -0.143. The van der Waals surface area contributed by atoms with Crippen LogP contribution < -0.4 is 20.9 Å². The van der Waals surface area contributed by atoms with Crippen LogP contribution in [0, 0.1) is 0 Å². The van der Waals surface area contributed by atoms with Crippen LogP contribution in [0.5, 0.6) is 0 Å². The van der Waals surface area contributed by atoms with Gasteiger partial charge in [0, 0.05) is 37.9 Å². The number of nitrogens with one attached hydrogen (secondary N) is 3. The highest BCUT2D eigenvalue weighted by atomic mass is 19.4. The molecule has 1 aromatic carbocycles. The molecule has 0 aliphatic carbocycles. The Bertz CT molecular complexity index is 930. The molecule has 8 nitrogen and oxygen atoms in total. The van der Waals surface area contributed by atoms with Crippen molar-refractivity contribution in [3.63, 3.8) is 0 Å². The van der Waals surface area contributed by atoms with Gasteiger partial charge in [-0.2, -0.15) is 31.4 Å². The second-order valence-corrected chi connectivity index (χ2v) is 7.00. The summed E-state index contributed by atoms with van der Waals surface area (Å²) < 4.78 is 82.7. The first kappa shape index (κ1) is 24.4. The van der Waals surface area contributed by atoms with E-state index in [0.717, 1.165) is 5.69 Å². The van der Waals surface area contributed by atoms with Crippen LogP contribution in [0.1, 0.15) is 11.1 Å². The van der Waals surface area contributed by atoms with Gasteiger partial charge in [-0.25, -0.2) is 4.79 Å². The Morgan fingerprint density at radius 1 is 0.970 bits per heavy atom. The first-order valence-electron chi connectivity index (χ1n) is 9.76. The number of amides is 2. The average Bonchev–Trinajstić information content (AvgIpc) is 2.76. The van der Waals surface area contributed by atoms with Crippen molar-refractivity contribution in [3.8, 4) is 0 Å². The average molecular weight is 478 g/mol. The van der Waals surface area contributed by atoms with Crippen molar-refractivity contribution in [3.05, 3.63) is 41.6 Å². The Kier molecular flexibility index (Phi) is 7.46. The molecule has 1 aliphatic heterocycles. The maximum absolute atomic E-state index is 12.9. The third-order valence-corrected chi connectivity index (χ3v) is 4.58. The number of hydrogen-bond acceptors (Lipinski definition) is 6. The summed E-state index contributed by atoms with van der Waals surface area (Å²) in [6, 6.07) is 1.65. The number of carbonyl (C=O) groups is 1. The Balaban J connectivity index is 1.53. The maximum Gasteiger partial charge on any atom is 0.416 e. The molecule has 180 valence electrons. The summed E-state index contributed by atoms with van der Waals surface area (Å²) in [7, 11) is 0. The topological polar surface area (TPSA) is 91.4 Å². The highest BCUT2D eigenvalue weighted by Crippen LogP contribution is 2.37. The predicted octanol–water partition coefficient (Wildman–Crippen LogP) is 3.58. The normalized spacial score (nSPS) is 14.7. The molecule has 1 aromatic heterocycles. The summed E-state index contributed by atoms with van der Waals surface area (Å²) in [5, 5.41) is 15.1. The summed E-state index contributed by atoms with van der Waals surface area (Å²) in [4.78, 5) is 14.0. The number of hydrogen-bond donors (Lipinski definition) is 3. The van der Waals surface area contributed by atoms with Crippen LogP contribution >= 0.6 is 0 Å². The van der Waals surface area contributed by atoms with E-state index in [4.69, 9.17) is 4.74 Å². The van der Waals surface area contributed by atoms with Crippen molar-refractivity contribution in [1.82, 2.24) is 15.5 Å². The van der Waals surface area contributed by atoms with Crippen LogP contribution in [0.15, 0.2) is 30.5 Å². The molecule has 14 heteroatoms. The summed E-state index contributed by atoms with van der Waals surface area (Å²) in [6.07, 6.45) is -8.41. The molecule has 33 heavy (non-hydrogen) atoms. The number of anilines is 3. The number of nitrogens with zero attached hydrogens (tertiary/aromatic N) is 3. The number of aromatic nitrogens is 2. The van der Waals surface area contributed by atoms with E-state index in [1.165, 1.54) is 0 Å². The summed E-state index contributed by atoms with van der Waals surface area (Å²) in [6.45, 7) is 2.81. The van der Waals surface area contributed by atoms with E-state index in [-0.39, 0.29) is 19.2 Å². The first-order valence-corrected chi connectivity index (χ1v) is 9.76. The summed E-state index contributed by atoms with van der Waals surface area (Å²) >= 11 is 0. The smallest absolute Gasteiger partial charge is 0.378 e.